The maximum Gasteiger partial charge on any atom is 0.163 e. The van der Waals surface area contributed by atoms with E-state index in [1.807, 2.05) is 55.6 Å². The molecule has 0 aliphatic heterocycles. The molecular weight excluding hydrogens is 344 g/mol. The fourth-order valence-corrected chi connectivity index (χ4v) is 3.50. The summed E-state index contributed by atoms with van der Waals surface area (Å²) >= 11 is 1.64. The van der Waals surface area contributed by atoms with Crippen LogP contribution in [0.1, 0.15) is 43.5 Å². The molecule has 4 heteroatoms. The number of fused-ring (bicyclic) bond motifs is 1. The summed E-state index contributed by atoms with van der Waals surface area (Å²) in [6.07, 6.45) is 8.38. The van der Waals surface area contributed by atoms with Gasteiger partial charge in [0, 0.05) is 28.7 Å². The first-order valence-electron chi connectivity index (χ1n) is 8.90. The van der Waals surface area contributed by atoms with Crippen molar-refractivity contribution in [2.24, 2.45) is 0 Å². The molecule has 1 aliphatic carbocycles. The van der Waals surface area contributed by atoms with Gasteiger partial charge in [0.2, 0.25) is 0 Å². The Morgan fingerprint density at radius 3 is 2.54 bits per heavy atom. The average molecular weight is 368 g/mol. The minimum Gasteiger partial charge on any atom is -0.392 e. The smallest absolute Gasteiger partial charge is 0.163 e. The highest BCUT2D eigenvalue weighted by atomic mass is 32.1. The summed E-state index contributed by atoms with van der Waals surface area (Å²) in [5.41, 5.74) is 1.76. The molecule has 0 saturated heterocycles. The average Bonchev–Trinajstić information content (AvgIpc) is 3.02. The molecule has 2 aromatic rings. The zero-order valence-electron chi connectivity index (χ0n) is 15.2. The number of aliphatic hydroxyl groups is 1. The number of ketones is 2. The molecule has 0 saturated carbocycles. The second-order valence-corrected chi connectivity index (χ2v) is 6.60. The molecule has 1 aromatic carbocycles. The Morgan fingerprint density at radius 2 is 1.77 bits per heavy atom. The molecule has 3 nitrogen and oxygen atoms in total. The number of benzene rings is 1. The number of hydrogen-bond donors (Lipinski definition) is 1. The third-order valence-corrected chi connectivity index (χ3v) is 4.94. The normalized spacial score (nSPS) is 13.3. The van der Waals surface area contributed by atoms with Crippen LogP contribution in [0.5, 0.6) is 0 Å². The van der Waals surface area contributed by atoms with Gasteiger partial charge < -0.3 is 5.11 Å². The Balaban J connectivity index is 0.00000117. The number of carbonyl (C=O) groups is 2. The van der Waals surface area contributed by atoms with Gasteiger partial charge in [-0.05, 0) is 47.0 Å². The Bertz CT molecular complexity index is 868. The number of thiophene rings is 1. The first-order valence-corrected chi connectivity index (χ1v) is 9.78. The lowest BCUT2D eigenvalue weighted by atomic mass is 9.98. The lowest BCUT2D eigenvalue weighted by Crippen LogP contribution is -2.09. The van der Waals surface area contributed by atoms with Crippen molar-refractivity contribution in [3.8, 4) is 0 Å². The van der Waals surface area contributed by atoms with E-state index < -0.39 is 0 Å². The van der Waals surface area contributed by atoms with E-state index in [-0.39, 0.29) is 31.0 Å². The first-order chi connectivity index (χ1) is 12.7. The van der Waals surface area contributed by atoms with Crippen molar-refractivity contribution in [3.05, 3.63) is 70.7 Å². The maximum atomic E-state index is 12.4. The van der Waals surface area contributed by atoms with E-state index in [1.165, 1.54) is 0 Å². The SMILES string of the molecule is CC.O=C(CCC(=O)c1ccc2sccc2c1)C1=C(CO)C=CCC=C1. The van der Waals surface area contributed by atoms with Crippen LogP contribution in [0.25, 0.3) is 10.1 Å². The summed E-state index contributed by atoms with van der Waals surface area (Å²) in [5.74, 6) is -0.137. The predicted octanol–water partition coefficient (Wildman–Crippen LogP) is 5.26. The van der Waals surface area contributed by atoms with Crippen LogP contribution in [0.4, 0.5) is 0 Å². The first kappa shape index (κ1) is 20.0. The number of carbonyl (C=O) groups excluding carboxylic acids is 2. The van der Waals surface area contributed by atoms with E-state index in [0.29, 0.717) is 16.7 Å². The fourth-order valence-electron chi connectivity index (χ4n) is 2.73. The third kappa shape index (κ3) is 4.87. The van der Waals surface area contributed by atoms with Gasteiger partial charge in [0.25, 0.3) is 0 Å². The zero-order chi connectivity index (χ0) is 18.9. The van der Waals surface area contributed by atoms with E-state index in [1.54, 1.807) is 23.5 Å². The van der Waals surface area contributed by atoms with E-state index in [2.05, 4.69) is 0 Å². The van der Waals surface area contributed by atoms with E-state index >= 15 is 0 Å². The van der Waals surface area contributed by atoms with Crippen molar-refractivity contribution < 1.29 is 14.7 Å². The van der Waals surface area contributed by atoms with Gasteiger partial charge in [-0.15, -0.1) is 11.3 Å². The standard InChI is InChI=1S/C20H18O3S.C2H6/c21-13-16-4-2-1-3-5-17(16)19(23)8-7-18(22)14-6-9-20-15(12-14)10-11-24-20;1-2/h2-6,9-12,21H,1,7-8,13H2;1-2H3. The second-order valence-electron chi connectivity index (χ2n) is 5.66. The summed E-state index contributed by atoms with van der Waals surface area (Å²) < 4.78 is 1.15. The highest BCUT2D eigenvalue weighted by molar-refractivity contribution is 7.17. The summed E-state index contributed by atoms with van der Waals surface area (Å²) in [4.78, 5) is 24.8. The number of rotatable bonds is 6. The molecule has 0 unspecified atom stereocenters. The van der Waals surface area contributed by atoms with Crippen LogP contribution in [0.15, 0.2) is 65.1 Å². The van der Waals surface area contributed by atoms with Crippen LogP contribution in [0, 0.1) is 0 Å². The number of Topliss-reactive ketones (excluding diaryl/α,β-unsaturated/α-hetero) is 2. The summed E-state index contributed by atoms with van der Waals surface area (Å²) in [6.45, 7) is 3.82. The molecule has 0 radical (unpaired) electrons. The minimum absolute atomic E-state index is 0.0317. The molecule has 0 amide bonds. The van der Waals surface area contributed by atoms with Crippen LogP contribution in [-0.2, 0) is 4.79 Å². The largest absolute Gasteiger partial charge is 0.392 e. The van der Waals surface area contributed by atoms with Crippen molar-refractivity contribution in [1.82, 2.24) is 0 Å². The summed E-state index contributed by atoms with van der Waals surface area (Å²) in [6, 6.07) is 7.63. The number of hydrogen-bond acceptors (Lipinski definition) is 4. The summed E-state index contributed by atoms with van der Waals surface area (Å²) in [5, 5.41) is 12.5. The fraction of sp³-hybridized carbons (Fsp3) is 0.273. The monoisotopic (exact) mass is 368 g/mol. The molecule has 3 rings (SSSR count). The second kappa shape index (κ2) is 10.00. The molecule has 1 heterocycles. The molecule has 0 spiro atoms. The highest BCUT2D eigenvalue weighted by Gasteiger charge is 2.15. The molecular formula is C22H24O3S. The molecule has 1 aromatic heterocycles. The minimum atomic E-state index is -0.176. The lowest BCUT2D eigenvalue weighted by Gasteiger charge is -2.06. The predicted molar refractivity (Wildman–Crippen MR) is 109 cm³/mol. The van der Waals surface area contributed by atoms with Crippen molar-refractivity contribution in [3.63, 3.8) is 0 Å². The molecule has 0 fully saturated rings. The highest BCUT2D eigenvalue weighted by Crippen LogP contribution is 2.23. The van der Waals surface area contributed by atoms with Gasteiger partial charge in [-0.25, -0.2) is 0 Å². The lowest BCUT2D eigenvalue weighted by molar-refractivity contribution is -0.115. The van der Waals surface area contributed by atoms with Crippen molar-refractivity contribution in [2.75, 3.05) is 6.61 Å². The van der Waals surface area contributed by atoms with Crippen molar-refractivity contribution >= 4 is 33.0 Å². The maximum absolute atomic E-state index is 12.4. The molecule has 0 bridgehead atoms. The van der Waals surface area contributed by atoms with Crippen molar-refractivity contribution in [2.45, 2.75) is 33.1 Å². The van der Waals surface area contributed by atoms with Gasteiger partial charge >= 0.3 is 0 Å². The molecule has 26 heavy (non-hydrogen) atoms. The van der Waals surface area contributed by atoms with E-state index in [9.17, 15) is 14.7 Å². The van der Waals surface area contributed by atoms with Gasteiger partial charge in [-0.1, -0.05) is 38.2 Å². The molecule has 1 N–H and O–H groups in total. The van der Waals surface area contributed by atoms with Gasteiger partial charge in [-0.3, -0.25) is 9.59 Å². The third-order valence-electron chi connectivity index (χ3n) is 4.05. The van der Waals surface area contributed by atoms with E-state index in [4.69, 9.17) is 0 Å². The van der Waals surface area contributed by atoms with Crippen molar-refractivity contribution in [1.29, 1.82) is 0 Å². The van der Waals surface area contributed by atoms with Crippen LogP contribution < -0.4 is 0 Å². The molecule has 1 aliphatic rings. The quantitative estimate of drug-likeness (QED) is 0.707. The van der Waals surface area contributed by atoms with Gasteiger partial charge in [0.05, 0.1) is 6.61 Å². The van der Waals surface area contributed by atoms with Crippen LogP contribution in [-0.4, -0.2) is 23.3 Å². The Hall–Kier alpha value is -2.30. The topological polar surface area (TPSA) is 54.4 Å². The zero-order valence-corrected chi connectivity index (χ0v) is 16.0. The number of allylic oxidation sites excluding steroid dienone is 4. The van der Waals surface area contributed by atoms with Gasteiger partial charge in [-0.2, -0.15) is 0 Å². The van der Waals surface area contributed by atoms with Crippen LogP contribution in [0.2, 0.25) is 0 Å². The van der Waals surface area contributed by atoms with Gasteiger partial charge in [0.15, 0.2) is 11.6 Å². The molecule has 0 atom stereocenters. The van der Waals surface area contributed by atoms with Gasteiger partial charge in [0.1, 0.15) is 0 Å². The Kier molecular flexibility index (Phi) is 7.70. The number of aliphatic hydroxyl groups excluding tert-OH is 1. The summed E-state index contributed by atoms with van der Waals surface area (Å²) in [7, 11) is 0. The molecule has 136 valence electrons. The van der Waals surface area contributed by atoms with Crippen LogP contribution >= 0.6 is 11.3 Å². The van der Waals surface area contributed by atoms with Crippen LogP contribution in [0.3, 0.4) is 0 Å². The Morgan fingerprint density at radius 1 is 1.04 bits per heavy atom. The Labute approximate surface area is 158 Å². The van der Waals surface area contributed by atoms with E-state index in [0.717, 1.165) is 16.5 Å².